The second-order valence-electron chi connectivity index (χ2n) is 7.91. The molecule has 0 aromatic heterocycles. The maximum atomic E-state index is 12.8. The van der Waals surface area contributed by atoms with Crippen LogP contribution in [-0.2, 0) is 13.0 Å². The standard InChI is InChI=1S/C29H25BrN2O3S/c30-24-19-23(15-16-26(24)34-18-17-21-9-3-1-4-10-21)28(33)32-29(36)31-25-13-7-8-14-27(25)35-20-22-11-5-2-6-12-22/h1-16,19H,17-18,20H2,(H2,31,32,33,36). The van der Waals surface area contributed by atoms with E-state index in [9.17, 15) is 4.79 Å². The summed E-state index contributed by atoms with van der Waals surface area (Å²) in [5.41, 5.74) is 3.39. The van der Waals surface area contributed by atoms with Crippen molar-refractivity contribution in [3.05, 3.63) is 124 Å². The van der Waals surface area contributed by atoms with Gasteiger partial charge >= 0.3 is 0 Å². The number of anilines is 1. The summed E-state index contributed by atoms with van der Waals surface area (Å²) in [6.07, 6.45) is 0.798. The maximum Gasteiger partial charge on any atom is 0.257 e. The molecule has 0 saturated carbocycles. The van der Waals surface area contributed by atoms with E-state index in [1.165, 1.54) is 5.56 Å². The van der Waals surface area contributed by atoms with E-state index in [4.69, 9.17) is 21.7 Å². The largest absolute Gasteiger partial charge is 0.492 e. The van der Waals surface area contributed by atoms with Gasteiger partial charge in [0.05, 0.1) is 16.8 Å². The Balaban J connectivity index is 1.31. The van der Waals surface area contributed by atoms with Gasteiger partial charge in [0.1, 0.15) is 18.1 Å². The molecule has 0 aliphatic heterocycles. The van der Waals surface area contributed by atoms with Crippen molar-refractivity contribution in [3.8, 4) is 11.5 Å². The van der Waals surface area contributed by atoms with Gasteiger partial charge in [-0.15, -0.1) is 0 Å². The third-order valence-electron chi connectivity index (χ3n) is 5.28. The van der Waals surface area contributed by atoms with Crippen LogP contribution in [0.3, 0.4) is 0 Å². The summed E-state index contributed by atoms with van der Waals surface area (Å²) in [5.74, 6) is 0.983. The topological polar surface area (TPSA) is 59.6 Å². The number of rotatable bonds is 9. The molecular formula is C29H25BrN2O3S. The molecule has 4 rings (SSSR count). The molecule has 0 atom stereocenters. The fraction of sp³-hybridized carbons (Fsp3) is 0.103. The lowest BCUT2D eigenvalue weighted by molar-refractivity contribution is 0.0977. The molecule has 0 radical (unpaired) electrons. The van der Waals surface area contributed by atoms with Crippen LogP contribution >= 0.6 is 28.1 Å². The number of para-hydroxylation sites is 2. The molecule has 0 spiro atoms. The van der Waals surface area contributed by atoms with Crippen molar-refractivity contribution in [2.75, 3.05) is 11.9 Å². The SMILES string of the molecule is O=C(NC(=S)Nc1ccccc1OCc1ccccc1)c1ccc(OCCc2ccccc2)c(Br)c1. The lowest BCUT2D eigenvalue weighted by atomic mass is 10.2. The Bertz CT molecular complexity index is 1320. The van der Waals surface area contributed by atoms with Crippen molar-refractivity contribution < 1.29 is 14.3 Å². The molecule has 0 bridgehead atoms. The van der Waals surface area contributed by atoms with Crippen molar-refractivity contribution in [1.29, 1.82) is 0 Å². The number of hydrogen-bond acceptors (Lipinski definition) is 4. The van der Waals surface area contributed by atoms with E-state index in [0.29, 0.717) is 40.4 Å². The zero-order chi connectivity index (χ0) is 25.2. The summed E-state index contributed by atoms with van der Waals surface area (Å²) >= 11 is 8.87. The Morgan fingerprint density at radius 3 is 2.17 bits per heavy atom. The Kier molecular flexibility index (Phi) is 9.08. The second-order valence-corrected chi connectivity index (χ2v) is 9.17. The first-order valence-electron chi connectivity index (χ1n) is 11.4. The van der Waals surface area contributed by atoms with Gasteiger partial charge < -0.3 is 14.8 Å². The van der Waals surface area contributed by atoms with Crippen LogP contribution in [0.5, 0.6) is 11.5 Å². The normalized spacial score (nSPS) is 10.4. The minimum absolute atomic E-state index is 0.176. The third kappa shape index (κ3) is 7.41. The maximum absolute atomic E-state index is 12.8. The van der Waals surface area contributed by atoms with Gasteiger partial charge in [-0.1, -0.05) is 72.8 Å². The highest BCUT2D eigenvalue weighted by Gasteiger charge is 2.12. The second kappa shape index (κ2) is 12.9. The van der Waals surface area contributed by atoms with Crippen LogP contribution < -0.4 is 20.1 Å². The molecule has 0 aliphatic rings. The summed E-state index contributed by atoms with van der Waals surface area (Å²) in [4.78, 5) is 12.8. The summed E-state index contributed by atoms with van der Waals surface area (Å²) in [6, 6.07) is 32.7. The molecule has 182 valence electrons. The van der Waals surface area contributed by atoms with Crippen molar-refractivity contribution in [2.24, 2.45) is 0 Å². The molecule has 0 saturated heterocycles. The highest BCUT2D eigenvalue weighted by molar-refractivity contribution is 9.10. The molecule has 5 nitrogen and oxygen atoms in total. The third-order valence-corrected chi connectivity index (χ3v) is 6.11. The first kappa shape index (κ1) is 25.4. The predicted octanol–water partition coefficient (Wildman–Crippen LogP) is 6.78. The van der Waals surface area contributed by atoms with Gasteiger partial charge in [-0.2, -0.15) is 0 Å². The number of halogens is 1. The molecule has 2 N–H and O–H groups in total. The van der Waals surface area contributed by atoms with E-state index in [2.05, 4.69) is 38.7 Å². The van der Waals surface area contributed by atoms with Crippen LogP contribution in [-0.4, -0.2) is 17.6 Å². The highest BCUT2D eigenvalue weighted by Crippen LogP contribution is 2.27. The zero-order valence-electron chi connectivity index (χ0n) is 19.4. The number of carbonyl (C=O) groups excluding carboxylic acids is 1. The number of thiocarbonyl (C=S) groups is 1. The fourth-order valence-corrected chi connectivity index (χ4v) is 4.14. The smallest absolute Gasteiger partial charge is 0.257 e. The lowest BCUT2D eigenvalue weighted by Crippen LogP contribution is -2.34. The molecule has 4 aromatic carbocycles. The van der Waals surface area contributed by atoms with Gasteiger partial charge in [-0.3, -0.25) is 10.1 Å². The van der Waals surface area contributed by atoms with Gasteiger partial charge in [0, 0.05) is 12.0 Å². The monoisotopic (exact) mass is 560 g/mol. The number of hydrogen-bond donors (Lipinski definition) is 2. The van der Waals surface area contributed by atoms with Gasteiger partial charge in [0.15, 0.2) is 5.11 Å². The minimum atomic E-state index is -0.327. The van der Waals surface area contributed by atoms with Crippen molar-refractivity contribution in [1.82, 2.24) is 5.32 Å². The summed E-state index contributed by atoms with van der Waals surface area (Å²) in [6.45, 7) is 0.959. The molecule has 0 unspecified atom stereocenters. The van der Waals surface area contributed by atoms with E-state index >= 15 is 0 Å². The fourth-order valence-electron chi connectivity index (χ4n) is 3.44. The highest BCUT2D eigenvalue weighted by atomic mass is 79.9. The number of benzene rings is 4. The Morgan fingerprint density at radius 2 is 1.44 bits per heavy atom. The van der Waals surface area contributed by atoms with Crippen molar-refractivity contribution >= 4 is 44.9 Å². The Labute approximate surface area is 224 Å². The Morgan fingerprint density at radius 1 is 0.778 bits per heavy atom. The average Bonchev–Trinajstić information content (AvgIpc) is 2.90. The quantitative estimate of drug-likeness (QED) is 0.221. The molecule has 36 heavy (non-hydrogen) atoms. The van der Waals surface area contributed by atoms with Crippen molar-refractivity contribution in [2.45, 2.75) is 13.0 Å². The molecule has 0 aliphatic carbocycles. The molecule has 0 fully saturated rings. The van der Waals surface area contributed by atoms with E-state index in [-0.39, 0.29) is 11.0 Å². The molecule has 4 aromatic rings. The number of ether oxygens (including phenoxy) is 2. The zero-order valence-corrected chi connectivity index (χ0v) is 21.8. The molecular weight excluding hydrogens is 536 g/mol. The van der Waals surface area contributed by atoms with Gasteiger partial charge in [0.2, 0.25) is 0 Å². The van der Waals surface area contributed by atoms with Crippen molar-refractivity contribution in [3.63, 3.8) is 0 Å². The summed E-state index contributed by atoms with van der Waals surface area (Å²) in [7, 11) is 0. The summed E-state index contributed by atoms with van der Waals surface area (Å²) < 4.78 is 12.5. The Hall–Kier alpha value is -3.68. The van der Waals surface area contributed by atoms with Crippen LogP contribution in [0.25, 0.3) is 0 Å². The van der Waals surface area contributed by atoms with E-state index < -0.39 is 0 Å². The molecule has 0 heterocycles. The van der Waals surface area contributed by atoms with Crippen LogP contribution in [0.2, 0.25) is 0 Å². The van der Waals surface area contributed by atoms with Gasteiger partial charge in [0.25, 0.3) is 5.91 Å². The van der Waals surface area contributed by atoms with E-state index in [1.54, 1.807) is 18.2 Å². The van der Waals surface area contributed by atoms with E-state index in [1.807, 2.05) is 72.8 Å². The van der Waals surface area contributed by atoms with Crippen LogP contribution in [0.4, 0.5) is 5.69 Å². The number of carbonyl (C=O) groups is 1. The molecule has 7 heteroatoms. The van der Waals surface area contributed by atoms with Gasteiger partial charge in [-0.05, 0) is 69.6 Å². The number of amides is 1. The minimum Gasteiger partial charge on any atom is -0.492 e. The summed E-state index contributed by atoms with van der Waals surface area (Å²) in [5, 5.41) is 5.95. The first-order valence-corrected chi connectivity index (χ1v) is 12.6. The van der Waals surface area contributed by atoms with Crippen LogP contribution in [0.15, 0.2) is 108 Å². The van der Waals surface area contributed by atoms with E-state index in [0.717, 1.165) is 12.0 Å². The average molecular weight is 562 g/mol. The first-order chi connectivity index (χ1) is 17.6. The van der Waals surface area contributed by atoms with Gasteiger partial charge in [-0.25, -0.2) is 0 Å². The van der Waals surface area contributed by atoms with Crippen LogP contribution in [0, 0.1) is 0 Å². The predicted molar refractivity (Wildman–Crippen MR) is 151 cm³/mol. The lowest BCUT2D eigenvalue weighted by Gasteiger charge is -2.15. The molecule has 1 amide bonds. The van der Waals surface area contributed by atoms with Crippen LogP contribution in [0.1, 0.15) is 21.5 Å². The number of nitrogens with one attached hydrogen (secondary N) is 2.